The molecule has 0 spiro atoms. The predicted octanol–water partition coefficient (Wildman–Crippen LogP) is 4.22. The van der Waals surface area contributed by atoms with Crippen molar-refractivity contribution in [3.8, 4) is 22.7 Å². The van der Waals surface area contributed by atoms with Crippen LogP contribution < -0.4 is 5.43 Å². The summed E-state index contributed by atoms with van der Waals surface area (Å²) in [5.74, 6) is -0.879. The van der Waals surface area contributed by atoms with Gasteiger partial charge in [0.2, 0.25) is 5.43 Å². The summed E-state index contributed by atoms with van der Waals surface area (Å²) in [6, 6.07) is 8.82. The van der Waals surface area contributed by atoms with Gasteiger partial charge >= 0.3 is 12.4 Å². The van der Waals surface area contributed by atoms with Crippen LogP contribution in [-0.2, 0) is 6.18 Å². The quantitative estimate of drug-likeness (QED) is 0.611. The molecule has 3 aromatic rings. The molecule has 0 radical (unpaired) electrons. The number of alkyl halides is 6. The first-order valence-corrected chi connectivity index (χ1v) is 8.23. The highest BCUT2D eigenvalue weighted by Crippen LogP contribution is 2.34. The second kappa shape index (κ2) is 7.48. The van der Waals surface area contributed by atoms with Gasteiger partial charge in [0.25, 0.3) is 0 Å². The first-order valence-electron chi connectivity index (χ1n) is 8.23. The summed E-state index contributed by atoms with van der Waals surface area (Å²) in [7, 11) is 0. The molecule has 0 bridgehead atoms. The monoisotopic (exact) mass is 430 g/mol. The number of halogens is 6. The van der Waals surface area contributed by atoms with Crippen molar-refractivity contribution in [1.29, 1.82) is 0 Å². The maximum atomic E-state index is 13.0. The van der Waals surface area contributed by atoms with E-state index in [-0.39, 0.29) is 16.9 Å². The summed E-state index contributed by atoms with van der Waals surface area (Å²) < 4.78 is 78.5. The van der Waals surface area contributed by atoms with Gasteiger partial charge in [-0.15, -0.1) is 0 Å². The molecule has 0 amide bonds. The molecule has 0 fully saturated rings. The fourth-order valence-electron chi connectivity index (χ4n) is 2.71. The van der Waals surface area contributed by atoms with Crippen molar-refractivity contribution < 1.29 is 36.6 Å². The first kappa shape index (κ1) is 21.4. The minimum absolute atomic E-state index is 0.0553. The van der Waals surface area contributed by atoms with Gasteiger partial charge in [-0.25, -0.2) is 4.98 Å². The average Bonchev–Trinajstić information content (AvgIpc) is 2.68. The molecule has 1 unspecified atom stereocenters. The predicted molar refractivity (Wildman–Crippen MR) is 93.0 cm³/mol. The normalized spacial score (nSPS) is 13.3. The molecule has 3 rings (SSSR count). The minimum atomic E-state index is -5.11. The van der Waals surface area contributed by atoms with Gasteiger partial charge in [0.05, 0.1) is 17.6 Å². The van der Waals surface area contributed by atoms with E-state index >= 15 is 0 Å². The number of aliphatic hydroxyl groups excluding tert-OH is 1. The second-order valence-corrected chi connectivity index (χ2v) is 6.22. The van der Waals surface area contributed by atoms with E-state index < -0.39 is 41.0 Å². The zero-order valence-electron chi connectivity index (χ0n) is 14.7. The molecular weight excluding hydrogens is 418 g/mol. The molecule has 0 aliphatic carbocycles. The van der Waals surface area contributed by atoms with E-state index in [0.717, 1.165) is 16.7 Å². The van der Waals surface area contributed by atoms with Crippen LogP contribution in [0.15, 0.2) is 59.5 Å². The molecule has 158 valence electrons. The molecule has 1 atom stereocenters. The summed E-state index contributed by atoms with van der Waals surface area (Å²) in [5, 5.41) is 19.3. The summed E-state index contributed by atoms with van der Waals surface area (Å²) >= 11 is 0. The van der Waals surface area contributed by atoms with Crippen molar-refractivity contribution in [2.75, 3.05) is 0 Å². The van der Waals surface area contributed by atoms with Crippen LogP contribution >= 0.6 is 0 Å². The molecule has 0 saturated heterocycles. The molecule has 2 aromatic heterocycles. The Kier molecular flexibility index (Phi) is 5.33. The van der Waals surface area contributed by atoms with Crippen molar-refractivity contribution >= 4 is 0 Å². The highest BCUT2D eigenvalue weighted by atomic mass is 19.4. The van der Waals surface area contributed by atoms with E-state index in [4.69, 9.17) is 0 Å². The van der Waals surface area contributed by atoms with Crippen molar-refractivity contribution in [2.45, 2.75) is 18.5 Å². The molecule has 30 heavy (non-hydrogen) atoms. The van der Waals surface area contributed by atoms with E-state index in [1.54, 1.807) is 0 Å². The van der Waals surface area contributed by atoms with Crippen LogP contribution in [0.1, 0.15) is 17.5 Å². The molecule has 2 N–H and O–H groups in total. The van der Waals surface area contributed by atoms with E-state index in [9.17, 15) is 41.4 Å². The Labute approximate surface area is 164 Å². The maximum Gasteiger partial charge on any atom is 0.433 e. The van der Waals surface area contributed by atoms with Crippen molar-refractivity contribution in [3.63, 3.8) is 0 Å². The van der Waals surface area contributed by atoms with Gasteiger partial charge in [-0.2, -0.15) is 26.3 Å². The standard InChI is InChI=1S/C19H12F6N2O3/c20-18(21,22)16-6-2-5-12(26-16)10-3-1-4-11(7-10)27-9-15(29)14(28)8-13(27)17(30)19(23,24)25/h1-9,17,29-30H. The van der Waals surface area contributed by atoms with Crippen LogP contribution in [0.25, 0.3) is 16.9 Å². The summed E-state index contributed by atoms with van der Waals surface area (Å²) in [4.78, 5) is 15.1. The van der Waals surface area contributed by atoms with Gasteiger partial charge in [0.1, 0.15) is 5.69 Å². The van der Waals surface area contributed by atoms with Gasteiger partial charge < -0.3 is 14.8 Å². The Balaban J connectivity index is 2.16. The molecule has 11 heteroatoms. The molecule has 5 nitrogen and oxygen atoms in total. The lowest BCUT2D eigenvalue weighted by Gasteiger charge is -2.20. The van der Waals surface area contributed by atoms with Crippen LogP contribution in [0.2, 0.25) is 0 Å². The van der Waals surface area contributed by atoms with Crippen molar-refractivity contribution in [1.82, 2.24) is 9.55 Å². The van der Waals surface area contributed by atoms with Gasteiger partial charge in [-0.3, -0.25) is 4.79 Å². The number of benzene rings is 1. The Morgan fingerprint density at radius 3 is 2.27 bits per heavy atom. The van der Waals surface area contributed by atoms with Crippen LogP contribution in [0.3, 0.4) is 0 Å². The molecule has 0 aliphatic rings. The number of rotatable bonds is 3. The maximum absolute atomic E-state index is 13.0. The lowest BCUT2D eigenvalue weighted by Crippen LogP contribution is -2.25. The third-order valence-electron chi connectivity index (χ3n) is 4.11. The fraction of sp³-hybridized carbons (Fsp3) is 0.158. The van der Waals surface area contributed by atoms with E-state index in [2.05, 4.69) is 4.98 Å². The Bertz CT molecular complexity index is 1140. The van der Waals surface area contributed by atoms with Gasteiger partial charge in [-0.05, 0) is 24.3 Å². The second-order valence-electron chi connectivity index (χ2n) is 6.22. The zero-order valence-corrected chi connectivity index (χ0v) is 14.7. The van der Waals surface area contributed by atoms with Crippen molar-refractivity contribution in [2.24, 2.45) is 0 Å². The molecule has 1 aromatic carbocycles. The summed E-state index contributed by atoms with van der Waals surface area (Å²) in [6.45, 7) is 0. The Morgan fingerprint density at radius 1 is 0.967 bits per heavy atom. The van der Waals surface area contributed by atoms with Crippen LogP contribution in [-0.4, -0.2) is 25.9 Å². The largest absolute Gasteiger partial charge is 0.503 e. The minimum Gasteiger partial charge on any atom is -0.503 e. The lowest BCUT2D eigenvalue weighted by molar-refractivity contribution is -0.208. The zero-order chi connectivity index (χ0) is 22.3. The number of aliphatic hydroxyl groups is 1. The topological polar surface area (TPSA) is 75.3 Å². The SMILES string of the molecule is O=c1cc(C(O)C(F)(F)F)n(-c2cccc(-c3cccc(C(F)(F)F)n3)c2)cc1O. The van der Waals surface area contributed by atoms with Gasteiger partial charge in [0, 0.05) is 17.3 Å². The number of aromatic hydroxyl groups is 1. The summed E-state index contributed by atoms with van der Waals surface area (Å²) in [5.41, 5.74) is -3.20. The molecule has 0 aliphatic heterocycles. The van der Waals surface area contributed by atoms with E-state index in [1.165, 1.54) is 30.3 Å². The van der Waals surface area contributed by atoms with Crippen LogP contribution in [0.5, 0.6) is 5.75 Å². The molecular formula is C19H12F6N2O3. The molecule has 2 heterocycles. The van der Waals surface area contributed by atoms with Crippen molar-refractivity contribution in [3.05, 3.63) is 76.3 Å². The highest BCUT2D eigenvalue weighted by Gasteiger charge is 2.41. The number of hydrogen-bond donors (Lipinski definition) is 2. The fourth-order valence-corrected chi connectivity index (χ4v) is 2.71. The molecule has 0 saturated carbocycles. The number of hydrogen-bond acceptors (Lipinski definition) is 4. The first-order chi connectivity index (χ1) is 13.9. The number of pyridine rings is 2. The van der Waals surface area contributed by atoms with E-state index in [0.29, 0.717) is 12.3 Å². The number of aromatic nitrogens is 2. The third-order valence-corrected chi connectivity index (χ3v) is 4.11. The smallest absolute Gasteiger partial charge is 0.433 e. The Hall–Kier alpha value is -3.34. The lowest BCUT2D eigenvalue weighted by atomic mass is 10.1. The van der Waals surface area contributed by atoms with Crippen LogP contribution in [0, 0.1) is 0 Å². The number of nitrogens with zero attached hydrogens (tertiary/aromatic N) is 2. The van der Waals surface area contributed by atoms with Crippen LogP contribution in [0.4, 0.5) is 26.3 Å². The Morgan fingerprint density at radius 2 is 1.63 bits per heavy atom. The van der Waals surface area contributed by atoms with Gasteiger partial charge in [0.15, 0.2) is 11.9 Å². The third kappa shape index (κ3) is 4.30. The highest BCUT2D eigenvalue weighted by molar-refractivity contribution is 5.63. The average molecular weight is 430 g/mol. The summed E-state index contributed by atoms with van der Waals surface area (Å²) in [6.07, 6.45) is -12.2. The van der Waals surface area contributed by atoms with E-state index in [1.807, 2.05) is 0 Å². The van der Waals surface area contributed by atoms with Gasteiger partial charge in [-0.1, -0.05) is 18.2 Å².